The first-order valence-corrected chi connectivity index (χ1v) is 31.0. The maximum Gasteiger partial charge on any atom is 0.410 e. The fourth-order valence-corrected chi connectivity index (χ4v) is 11.6. The number of fused-ring (bicyclic) bond motifs is 4. The van der Waals surface area contributed by atoms with E-state index in [0.29, 0.717) is 124 Å². The molecule has 2 aromatic heterocycles. The molecule has 4 aliphatic rings. The molecule has 0 saturated carbocycles. The lowest BCUT2D eigenvalue weighted by Crippen LogP contribution is -2.49. The lowest BCUT2D eigenvalue weighted by atomic mass is 10.0. The SMILES string of the molecule is CC(C)(C)OC(=O)N(Cc1ccc2c(c1)OCCO2)C1CCN(CCn2c(=O)cc(C(=O)NS(C)(=O)=O)c3ccccc32)CC1.CC(C)(C)OC(=O)N(Cc1ccc2c(c1)OCCO2)C1CCN(CCn2c(=O)cc(C(=O)O)c3ccccc32)CC1. The minimum Gasteiger partial charge on any atom is -0.486 e. The molecular weight excluding hydrogens is 1130 g/mol. The Hall–Kier alpha value is -8.15. The van der Waals surface area contributed by atoms with Crippen LogP contribution in [-0.4, -0.2) is 162 Å². The van der Waals surface area contributed by atoms with E-state index in [4.69, 9.17) is 28.4 Å². The number of amides is 3. The van der Waals surface area contributed by atoms with E-state index < -0.39 is 38.7 Å². The Morgan fingerprint density at radius 3 is 1.34 bits per heavy atom. The molecule has 22 nitrogen and oxygen atoms in total. The van der Waals surface area contributed by atoms with Gasteiger partial charge in [-0.05, 0) is 115 Å². The smallest absolute Gasteiger partial charge is 0.410 e. The van der Waals surface area contributed by atoms with E-state index in [9.17, 15) is 42.3 Å². The molecule has 4 aromatic carbocycles. The van der Waals surface area contributed by atoms with Crippen molar-refractivity contribution in [2.75, 3.05) is 72.0 Å². The van der Waals surface area contributed by atoms with Crippen molar-refractivity contribution < 1.29 is 61.1 Å². The zero-order valence-corrected chi connectivity index (χ0v) is 50.7. The number of carboxylic acid groups (broad SMARTS) is 1. The first-order valence-electron chi connectivity index (χ1n) is 29.1. The summed E-state index contributed by atoms with van der Waals surface area (Å²) in [6.07, 6.45) is 3.15. The summed E-state index contributed by atoms with van der Waals surface area (Å²) in [6, 6.07) is 27.9. The molecule has 460 valence electrons. The fourth-order valence-electron chi connectivity index (χ4n) is 11.2. The van der Waals surface area contributed by atoms with Crippen molar-refractivity contribution >= 4 is 55.9 Å². The quantitative estimate of drug-likeness (QED) is 0.0998. The molecule has 0 bridgehead atoms. The number of pyridine rings is 2. The van der Waals surface area contributed by atoms with Crippen LogP contribution in [0.5, 0.6) is 23.0 Å². The number of nitrogens with zero attached hydrogens (tertiary/aromatic N) is 6. The van der Waals surface area contributed by atoms with Gasteiger partial charge in [0.25, 0.3) is 17.0 Å². The van der Waals surface area contributed by atoms with Crippen LogP contribution >= 0.6 is 0 Å². The van der Waals surface area contributed by atoms with Gasteiger partial charge in [0.1, 0.15) is 37.6 Å². The van der Waals surface area contributed by atoms with Crippen LogP contribution in [0, 0.1) is 0 Å². The number of benzene rings is 4. The third-order valence-electron chi connectivity index (χ3n) is 15.2. The predicted octanol–water partition coefficient (Wildman–Crippen LogP) is 7.74. The number of hydrogen-bond acceptors (Lipinski definition) is 16. The van der Waals surface area contributed by atoms with Gasteiger partial charge in [-0.25, -0.2) is 27.5 Å². The number of carbonyl (C=O) groups is 4. The average Bonchev–Trinajstić information content (AvgIpc) is 1.68. The minimum atomic E-state index is -3.79. The van der Waals surface area contributed by atoms with E-state index in [1.54, 1.807) is 56.5 Å². The van der Waals surface area contributed by atoms with Crippen LogP contribution < -0.4 is 34.8 Å². The highest BCUT2D eigenvalue weighted by Gasteiger charge is 2.34. The summed E-state index contributed by atoms with van der Waals surface area (Å²) in [5.74, 6) is 0.808. The highest BCUT2D eigenvalue weighted by atomic mass is 32.2. The number of aromatic carboxylic acids is 1. The van der Waals surface area contributed by atoms with Gasteiger partial charge in [-0.2, -0.15) is 0 Å². The van der Waals surface area contributed by atoms with Gasteiger partial charge in [-0.15, -0.1) is 0 Å². The number of likely N-dealkylation sites (tertiary alicyclic amines) is 2. The van der Waals surface area contributed by atoms with Gasteiger partial charge in [0.05, 0.1) is 28.4 Å². The molecule has 6 heterocycles. The fraction of sp³-hybridized carbons (Fsp3) is 0.460. The number of carbonyl (C=O) groups excluding carboxylic acids is 3. The van der Waals surface area contributed by atoms with E-state index in [2.05, 4.69) is 9.80 Å². The van der Waals surface area contributed by atoms with Gasteiger partial charge in [-0.1, -0.05) is 48.5 Å². The standard InChI is InChI=1S/C32H40N4O8S.C31H37N3O7/c1-32(2,3)44-31(39)36(21-22-9-10-27-28(19-22)43-18-17-42-27)23-11-13-34(14-12-23)15-16-35-26-8-6-5-7-24(26)25(20-29(35)37)30(38)33-45(4,40)41;1-31(2,3)41-30(38)34(20-21-8-9-26-27(18-21)40-17-16-39-26)22-10-12-32(13-11-22)14-15-33-25-7-5-4-6-23(25)24(29(36)37)19-28(33)35/h5-10,19-20,23H,11-18,21H2,1-4H3,(H,33,38);4-9,18-19,22H,10-17,20H2,1-3H3,(H,36,37). The summed E-state index contributed by atoms with van der Waals surface area (Å²) in [6.45, 7) is 18.9. The number of nitrogens with one attached hydrogen (secondary N) is 1. The van der Waals surface area contributed by atoms with E-state index in [1.165, 1.54) is 12.1 Å². The number of rotatable bonds is 15. The van der Waals surface area contributed by atoms with E-state index in [0.717, 1.165) is 56.2 Å². The van der Waals surface area contributed by atoms with Crippen LogP contribution in [0.15, 0.2) is 107 Å². The molecule has 0 atom stereocenters. The predicted molar refractivity (Wildman–Crippen MR) is 323 cm³/mol. The van der Waals surface area contributed by atoms with Crippen LogP contribution in [0.25, 0.3) is 21.8 Å². The van der Waals surface area contributed by atoms with Crippen molar-refractivity contribution in [1.29, 1.82) is 0 Å². The van der Waals surface area contributed by atoms with Crippen LogP contribution in [0.4, 0.5) is 9.59 Å². The molecule has 0 aliphatic carbocycles. The van der Waals surface area contributed by atoms with Crippen molar-refractivity contribution in [2.24, 2.45) is 0 Å². The van der Waals surface area contributed by atoms with Crippen molar-refractivity contribution in [3.05, 3.63) is 140 Å². The Labute approximate surface area is 500 Å². The first-order chi connectivity index (χ1) is 40.9. The monoisotopic (exact) mass is 1200 g/mol. The zero-order valence-electron chi connectivity index (χ0n) is 49.9. The molecule has 6 aromatic rings. The Kier molecular flexibility index (Phi) is 19.3. The lowest BCUT2D eigenvalue weighted by molar-refractivity contribution is 0.00468. The first kappa shape index (κ1) is 62.4. The summed E-state index contributed by atoms with van der Waals surface area (Å²) in [5.41, 5.74) is 1.09. The molecule has 4 aliphatic heterocycles. The van der Waals surface area contributed by atoms with Gasteiger partial charge in [0.2, 0.25) is 10.0 Å². The second-order valence-corrected chi connectivity index (χ2v) is 25.7. The van der Waals surface area contributed by atoms with Crippen molar-refractivity contribution in [2.45, 2.75) is 117 Å². The molecule has 23 heteroatoms. The van der Waals surface area contributed by atoms with Crippen LogP contribution in [0.2, 0.25) is 0 Å². The maximum absolute atomic E-state index is 13.4. The van der Waals surface area contributed by atoms with Gasteiger partial charge in [0.15, 0.2) is 23.0 Å². The van der Waals surface area contributed by atoms with Crippen LogP contribution in [0.3, 0.4) is 0 Å². The number of aromatic nitrogens is 2. The zero-order chi connectivity index (χ0) is 61.5. The molecule has 2 saturated heterocycles. The summed E-state index contributed by atoms with van der Waals surface area (Å²) >= 11 is 0. The Balaban J connectivity index is 0.000000206. The van der Waals surface area contributed by atoms with Crippen LogP contribution in [-0.2, 0) is 45.7 Å². The molecule has 0 spiro atoms. The summed E-state index contributed by atoms with van der Waals surface area (Å²) in [4.78, 5) is 85.1. The lowest BCUT2D eigenvalue weighted by Gasteiger charge is -2.39. The maximum atomic E-state index is 13.4. The van der Waals surface area contributed by atoms with Crippen molar-refractivity contribution in [1.82, 2.24) is 33.5 Å². The minimum absolute atomic E-state index is 0.00676. The number of hydrogen-bond donors (Lipinski definition) is 2. The van der Waals surface area contributed by atoms with Crippen molar-refractivity contribution in [3.63, 3.8) is 0 Å². The molecule has 2 fully saturated rings. The molecule has 3 amide bonds. The average molecular weight is 1200 g/mol. The summed E-state index contributed by atoms with van der Waals surface area (Å²) in [5, 5.41) is 10.6. The Morgan fingerprint density at radius 1 is 0.558 bits per heavy atom. The summed E-state index contributed by atoms with van der Waals surface area (Å²) < 4.78 is 62.8. The highest BCUT2D eigenvalue weighted by molar-refractivity contribution is 7.89. The van der Waals surface area contributed by atoms with Gasteiger partial charge in [-0.3, -0.25) is 14.4 Å². The number of piperidine rings is 2. The third kappa shape index (κ3) is 16.0. The van der Waals surface area contributed by atoms with Gasteiger partial charge in [0, 0.05) is 100 Å². The van der Waals surface area contributed by atoms with E-state index in [-0.39, 0.29) is 41.0 Å². The molecule has 2 N–H and O–H groups in total. The van der Waals surface area contributed by atoms with Gasteiger partial charge < -0.3 is 62.3 Å². The number of carboxylic acids is 1. The molecule has 0 unspecified atom stereocenters. The Morgan fingerprint density at radius 2 is 0.942 bits per heavy atom. The second kappa shape index (κ2) is 26.6. The molecule has 86 heavy (non-hydrogen) atoms. The third-order valence-corrected chi connectivity index (χ3v) is 15.8. The number of ether oxygens (including phenoxy) is 6. The number of para-hydroxylation sites is 2. The molecule has 10 rings (SSSR count). The van der Waals surface area contributed by atoms with Crippen molar-refractivity contribution in [3.8, 4) is 23.0 Å². The molecular formula is C63H77N7O15S. The number of sulfonamides is 1. The Bertz CT molecular complexity index is 3710. The largest absolute Gasteiger partial charge is 0.486 e. The summed E-state index contributed by atoms with van der Waals surface area (Å²) in [7, 11) is -3.79. The van der Waals surface area contributed by atoms with E-state index in [1.807, 2.05) is 93.6 Å². The topological polar surface area (TPSA) is 247 Å². The van der Waals surface area contributed by atoms with E-state index >= 15 is 0 Å². The molecule has 0 radical (unpaired) electrons. The highest BCUT2D eigenvalue weighted by Crippen LogP contribution is 2.34. The van der Waals surface area contributed by atoms with Gasteiger partial charge >= 0.3 is 18.2 Å². The normalized spacial score (nSPS) is 15.9. The van der Waals surface area contributed by atoms with Crippen LogP contribution in [0.1, 0.15) is 99.1 Å². The second-order valence-electron chi connectivity index (χ2n) is 24.0.